The zero-order valence-corrected chi connectivity index (χ0v) is 11.0. The zero-order chi connectivity index (χ0) is 13.9. The van der Waals surface area contributed by atoms with Gasteiger partial charge in [-0.05, 0) is 48.7 Å². The number of carbonyl (C=O) groups is 1. The maximum Gasteiger partial charge on any atom is 0.258 e. The lowest BCUT2D eigenvalue weighted by atomic mass is 9.98. The molecule has 0 atom stereocenters. The Kier molecular flexibility index (Phi) is 3.22. The van der Waals surface area contributed by atoms with Crippen molar-refractivity contribution >= 4 is 11.6 Å². The number of anilines is 1. The molecule has 3 heteroatoms. The van der Waals surface area contributed by atoms with E-state index in [0.29, 0.717) is 11.1 Å². The van der Waals surface area contributed by atoms with E-state index in [9.17, 15) is 4.79 Å². The van der Waals surface area contributed by atoms with Crippen LogP contribution in [0.3, 0.4) is 0 Å². The van der Waals surface area contributed by atoms with Gasteiger partial charge in [-0.15, -0.1) is 0 Å². The first-order chi connectivity index (χ1) is 9.79. The quantitative estimate of drug-likeness (QED) is 0.792. The standard InChI is InChI=1S/C17H14N2O/c18-12-13-8-9-16-15(11-13)7-4-10-19(16)17(20)14-5-2-1-3-6-14/h1-3,5-6,8-9,11H,4,7,10H2. The Morgan fingerprint density at radius 1 is 1.15 bits per heavy atom. The minimum absolute atomic E-state index is 0.0243. The molecule has 1 aliphatic heterocycles. The molecule has 0 fully saturated rings. The van der Waals surface area contributed by atoms with Crippen molar-refractivity contribution in [3.05, 3.63) is 65.2 Å². The van der Waals surface area contributed by atoms with E-state index in [1.807, 2.05) is 47.4 Å². The highest BCUT2D eigenvalue weighted by atomic mass is 16.2. The van der Waals surface area contributed by atoms with Crippen molar-refractivity contribution in [2.45, 2.75) is 12.8 Å². The molecule has 0 N–H and O–H groups in total. The van der Waals surface area contributed by atoms with Gasteiger partial charge in [0.25, 0.3) is 5.91 Å². The molecular formula is C17H14N2O. The van der Waals surface area contributed by atoms with Crippen molar-refractivity contribution < 1.29 is 4.79 Å². The van der Waals surface area contributed by atoms with Gasteiger partial charge in [0.2, 0.25) is 0 Å². The van der Waals surface area contributed by atoms with Crippen molar-refractivity contribution in [2.24, 2.45) is 0 Å². The molecule has 1 heterocycles. The highest BCUT2D eigenvalue weighted by molar-refractivity contribution is 6.06. The Bertz CT molecular complexity index is 686. The molecule has 0 aromatic heterocycles. The van der Waals surface area contributed by atoms with Crippen LogP contribution in [0.4, 0.5) is 5.69 Å². The number of hydrogen-bond donors (Lipinski definition) is 0. The van der Waals surface area contributed by atoms with Gasteiger partial charge in [0.15, 0.2) is 0 Å². The summed E-state index contributed by atoms with van der Waals surface area (Å²) in [5, 5.41) is 8.96. The van der Waals surface area contributed by atoms with Crippen molar-refractivity contribution in [3.63, 3.8) is 0 Å². The summed E-state index contributed by atoms with van der Waals surface area (Å²) >= 11 is 0. The van der Waals surface area contributed by atoms with Gasteiger partial charge in [-0.3, -0.25) is 4.79 Å². The SMILES string of the molecule is N#Cc1ccc2c(c1)CCCN2C(=O)c1ccccc1. The second-order valence-corrected chi connectivity index (χ2v) is 4.88. The van der Waals surface area contributed by atoms with E-state index in [-0.39, 0.29) is 5.91 Å². The minimum Gasteiger partial charge on any atom is -0.308 e. The highest BCUT2D eigenvalue weighted by Crippen LogP contribution is 2.29. The predicted octanol–water partition coefficient (Wildman–Crippen LogP) is 3.15. The average Bonchev–Trinajstić information content (AvgIpc) is 2.54. The van der Waals surface area contributed by atoms with Crippen molar-refractivity contribution in [1.82, 2.24) is 0 Å². The van der Waals surface area contributed by atoms with Gasteiger partial charge in [0.1, 0.15) is 0 Å². The summed E-state index contributed by atoms with van der Waals surface area (Å²) < 4.78 is 0. The van der Waals surface area contributed by atoms with Crippen molar-refractivity contribution in [3.8, 4) is 6.07 Å². The second kappa shape index (κ2) is 5.18. The summed E-state index contributed by atoms with van der Waals surface area (Å²) in [7, 11) is 0. The number of rotatable bonds is 1. The molecule has 1 aliphatic rings. The van der Waals surface area contributed by atoms with Gasteiger partial charge in [0.05, 0.1) is 11.6 Å². The Hall–Kier alpha value is -2.60. The lowest BCUT2D eigenvalue weighted by molar-refractivity contribution is 0.0985. The summed E-state index contributed by atoms with van der Waals surface area (Å²) in [4.78, 5) is 14.4. The van der Waals surface area contributed by atoms with E-state index >= 15 is 0 Å². The molecule has 3 nitrogen and oxygen atoms in total. The number of benzene rings is 2. The number of nitriles is 1. The van der Waals surface area contributed by atoms with E-state index in [1.54, 1.807) is 6.07 Å². The molecular weight excluding hydrogens is 248 g/mol. The van der Waals surface area contributed by atoms with Crippen LogP contribution in [-0.2, 0) is 6.42 Å². The summed E-state index contributed by atoms with van der Waals surface area (Å²) in [5.41, 5.74) is 3.37. The third-order valence-corrected chi connectivity index (χ3v) is 3.59. The first-order valence-corrected chi connectivity index (χ1v) is 6.69. The average molecular weight is 262 g/mol. The van der Waals surface area contributed by atoms with Crippen LogP contribution in [0.1, 0.15) is 27.9 Å². The lowest BCUT2D eigenvalue weighted by Gasteiger charge is -2.29. The van der Waals surface area contributed by atoms with E-state index in [1.165, 1.54) is 0 Å². The third kappa shape index (κ3) is 2.17. The topological polar surface area (TPSA) is 44.1 Å². The summed E-state index contributed by atoms with van der Waals surface area (Å²) in [5.74, 6) is 0.0243. The number of nitrogens with zero attached hydrogens (tertiary/aromatic N) is 2. The monoisotopic (exact) mass is 262 g/mol. The van der Waals surface area contributed by atoms with Crippen LogP contribution in [0.2, 0.25) is 0 Å². The van der Waals surface area contributed by atoms with Crippen LogP contribution < -0.4 is 4.90 Å². The Morgan fingerprint density at radius 2 is 1.95 bits per heavy atom. The summed E-state index contributed by atoms with van der Waals surface area (Å²) in [6.45, 7) is 0.729. The molecule has 0 bridgehead atoms. The maximum absolute atomic E-state index is 12.6. The first kappa shape index (κ1) is 12.4. The molecule has 98 valence electrons. The molecule has 0 aliphatic carbocycles. The first-order valence-electron chi connectivity index (χ1n) is 6.69. The van der Waals surface area contributed by atoms with Crippen LogP contribution in [0.15, 0.2) is 48.5 Å². The van der Waals surface area contributed by atoms with Gasteiger partial charge >= 0.3 is 0 Å². The van der Waals surface area contributed by atoms with E-state index in [0.717, 1.165) is 30.6 Å². The molecule has 0 saturated carbocycles. The van der Waals surface area contributed by atoms with Crippen molar-refractivity contribution in [1.29, 1.82) is 5.26 Å². The molecule has 3 rings (SSSR count). The molecule has 0 spiro atoms. The van der Waals surface area contributed by atoms with Gasteiger partial charge in [0, 0.05) is 17.8 Å². The smallest absolute Gasteiger partial charge is 0.258 e. The Labute approximate surface area is 118 Å². The fraction of sp³-hybridized carbons (Fsp3) is 0.176. The maximum atomic E-state index is 12.6. The van der Waals surface area contributed by atoms with Gasteiger partial charge in [-0.25, -0.2) is 0 Å². The van der Waals surface area contributed by atoms with Crippen LogP contribution >= 0.6 is 0 Å². The second-order valence-electron chi connectivity index (χ2n) is 4.88. The molecule has 0 saturated heterocycles. The fourth-order valence-electron chi connectivity index (χ4n) is 2.61. The third-order valence-electron chi connectivity index (χ3n) is 3.59. The number of hydrogen-bond acceptors (Lipinski definition) is 2. The van der Waals surface area contributed by atoms with Crippen LogP contribution in [0.25, 0.3) is 0 Å². The van der Waals surface area contributed by atoms with Gasteiger partial charge in [-0.1, -0.05) is 18.2 Å². The number of carbonyl (C=O) groups excluding carboxylic acids is 1. The summed E-state index contributed by atoms with van der Waals surface area (Å²) in [6, 6.07) is 17.0. The van der Waals surface area contributed by atoms with Crippen LogP contribution in [0, 0.1) is 11.3 Å². The number of aryl methyl sites for hydroxylation is 1. The van der Waals surface area contributed by atoms with Crippen molar-refractivity contribution in [2.75, 3.05) is 11.4 Å². The Balaban J connectivity index is 1.98. The Morgan fingerprint density at radius 3 is 2.70 bits per heavy atom. The van der Waals surface area contributed by atoms with E-state index in [2.05, 4.69) is 6.07 Å². The highest BCUT2D eigenvalue weighted by Gasteiger charge is 2.23. The molecule has 20 heavy (non-hydrogen) atoms. The van der Waals surface area contributed by atoms with Gasteiger partial charge < -0.3 is 4.90 Å². The minimum atomic E-state index is 0.0243. The number of fused-ring (bicyclic) bond motifs is 1. The zero-order valence-electron chi connectivity index (χ0n) is 11.0. The van der Waals surface area contributed by atoms with Gasteiger partial charge in [-0.2, -0.15) is 5.26 Å². The molecule has 0 unspecified atom stereocenters. The predicted molar refractivity (Wildman–Crippen MR) is 77.6 cm³/mol. The van der Waals surface area contributed by atoms with E-state index in [4.69, 9.17) is 5.26 Å². The lowest BCUT2D eigenvalue weighted by Crippen LogP contribution is -2.35. The number of amides is 1. The largest absolute Gasteiger partial charge is 0.308 e. The fourth-order valence-corrected chi connectivity index (χ4v) is 2.61. The normalized spacial score (nSPS) is 13.4. The molecule has 1 amide bonds. The van der Waals surface area contributed by atoms with E-state index < -0.39 is 0 Å². The molecule has 0 radical (unpaired) electrons. The molecule has 2 aromatic carbocycles. The summed E-state index contributed by atoms with van der Waals surface area (Å²) in [6.07, 6.45) is 1.85. The molecule has 2 aromatic rings. The van der Waals surface area contributed by atoms with Crippen LogP contribution in [-0.4, -0.2) is 12.5 Å². The van der Waals surface area contributed by atoms with Crippen LogP contribution in [0.5, 0.6) is 0 Å².